The average Bonchev–Trinajstić information content (AvgIpc) is 3.15. The Morgan fingerprint density at radius 1 is 1.11 bits per heavy atom. The molecular weight excluding hydrogens is 458 g/mol. The number of fused-ring (bicyclic) bond motifs is 1. The highest BCUT2D eigenvalue weighted by Crippen LogP contribution is 2.29. The second kappa shape index (κ2) is 11.4. The lowest BCUT2D eigenvalue weighted by atomic mass is 9.81. The molecule has 35 heavy (non-hydrogen) atoms. The Morgan fingerprint density at radius 2 is 1.74 bits per heavy atom. The molecule has 2 rings (SSSR count). The molecule has 0 saturated carbocycles. The number of carboxylic acid groups (broad SMARTS) is 2. The number of nitrogens with zero attached hydrogens (tertiary/aromatic N) is 3. The zero-order chi connectivity index (χ0) is 26.3. The number of aryl methyl sites for hydroxylation is 2. The molecule has 0 fully saturated rings. The first-order valence-corrected chi connectivity index (χ1v) is 11.0. The molecule has 2 aromatic rings. The van der Waals surface area contributed by atoms with Gasteiger partial charge in [0.1, 0.15) is 5.82 Å². The maximum Gasteiger partial charge on any atom is 0.317 e. The van der Waals surface area contributed by atoms with Crippen LogP contribution in [-0.2, 0) is 20.8 Å². The highest BCUT2D eigenvalue weighted by atomic mass is 16.4. The molecule has 0 spiro atoms. The molecule has 0 aliphatic carbocycles. The van der Waals surface area contributed by atoms with E-state index < -0.39 is 42.3 Å². The monoisotopic (exact) mass is 489 g/mol. The number of ketones is 1. The zero-order valence-corrected chi connectivity index (χ0v) is 19.7. The van der Waals surface area contributed by atoms with E-state index in [4.69, 9.17) is 17.2 Å². The van der Waals surface area contributed by atoms with Crippen LogP contribution < -0.4 is 17.2 Å². The molecule has 1 aromatic heterocycles. The number of H-pyrrole nitrogens is 1. The SMILES string of the molecule is CCCc1nc2c(C)cc(C(=O)[C@](CCCN=C(N)N)(C(N)=O)N(CC(=O)O)CC(=O)O)cc2[nH]1. The molecule has 0 radical (unpaired) electrons. The van der Waals surface area contributed by atoms with Crippen molar-refractivity contribution in [2.45, 2.75) is 45.1 Å². The molecule has 0 aliphatic rings. The van der Waals surface area contributed by atoms with Gasteiger partial charge in [0.05, 0.1) is 24.1 Å². The fraction of sp³-hybridized carbons (Fsp3) is 0.455. The van der Waals surface area contributed by atoms with Crippen LogP contribution in [0.2, 0.25) is 0 Å². The number of aliphatic imine (C=N–C) groups is 1. The quantitative estimate of drug-likeness (QED) is 0.0669. The van der Waals surface area contributed by atoms with E-state index in [9.17, 15) is 29.4 Å². The smallest absolute Gasteiger partial charge is 0.317 e. The molecule has 13 heteroatoms. The molecule has 0 unspecified atom stereocenters. The minimum atomic E-state index is -2.28. The van der Waals surface area contributed by atoms with Crippen molar-refractivity contribution in [1.82, 2.24) is 14.9 Å². The van der Waals surface area contributed by atoms with Crippen molar-refractivity contribution >= 4 is 40.6 Å². The Kier molecular flexibility index (Phi) is 8.89. The number of aliphatic carboxylic acids is 2. The maximum absolute atomic E-state index is 13.9. The summed E-state index contributed by atoms with van der Waals surface area (Å²) in [5, 5.41) is 18.8. The standard InChI is InChI=1S/C22H31N7O6/c1-3-5-15-27-14-9-13(8-12(2)18(14)28-15)19(34)22(20(23)35,6-4-7-26-21(24)25)29(10-16(30)31)11-17(32)33/h8-9H,3-7,10-11H2,1-2H3,(H2,23,35)(H,27,28)(H,30,31)(H,32,33)(H4,24,25,26)/t22-/m1/s1. The lowest BCUT2D eigenvalue weighted by molar-refractivity contribution is -0.146. The fourth-order valence-electron chi connectivity index (χ4n) is 4.07. The van der Waals surface area contributed by atoms with Crippen LogP contribution in [0.4, 0.5) is 0 Å². The number of rotatable bonds is 14. The van der Waals surface area contributed by atoms with Gasteiger partial charge < -0.3 is 32.4 Å². The number of nitrogens with one attached hydrogen (secondary N) is 1. The van der Waals surface area contributed by atoms with Gasteiger partial charge >= 0.3 is 11.9 Å². The third kappa shape index (κ3) is 6.32. The van der Waals surface area contributed by atoms with Gasteiger partial charge in [-0.05, 0) is 43.9 Å². The Bertz CT molecular complexity index is 1140. The third-order valence-electron chi connectivity index (χ3n) is 5.54. The number of hydrogen-bond donors (Lipinski definition) is 6. The van der Waals surface area contributed by atoms with Gasteiger partial charge in [-0.3, -0.25) is 29.1 Å². The van der Waals surface area contributed by atoms with Crippen LogP contribution in [0.25, 0.3) is 11.0 Å². The topological polar surface area (TPSA) is 231 Å². The summed E-state index contributed by atoms with van der Waals surface area (Å²) in [6.07, 6.45) is 1.29. The van der Waals surface area contributed by atoms with Crippen LogP contribution >= 0.6 is 0 Å². The molecule has 1 atom stereocenters. The molecule has 9 N–H and O–H groups in total. The minimum Gasteiger partial charge on any atom is -0.480 e. The summed E-state index contributed by atoms with van der Waals surface area (Å²) in [5.74, 6) is -4.35. The molecule has 13 nitrogen and oxygen atoms in total. The number of primary amides is 1. The number of Topliss-reactive ketones (excluding diaryl/α,β-unsaturated/α-hetero) is 1. The number of aromatic nitrogens is 2. The normalized spacial score (nSPS) is 12.9. The van der Waals surface area contributed by atoms with Crippen molar-refractivity contribution in [2.24, 2.45) is 22.2 Å². The van der Waals surface area contributed by atoms with E-state index in [1.54, 1.807) is 6.92 Å². The summed E-state index contributed by atoms with van der Waals surface area (Å²) < 4.78 is 0. The van der Waals surface area contributed by atoms with Gasteiger partial charge in [0.25, 0.3) is 0 Å². The molecule has 190 valence electrons. The summed E-state index contributed by atoms with van der Waals surface area (Å²) in [6, 6.07) is 3.03. The summed E-state index contributed by atoms with van der Waals surface area (Å²) in [4.78, 5) is 62.2. The van der Waals surface area contributed by atoms with Crippen LogP contribution in [0, 0.1) is 6.92 Å². The first-order chi connectivity index (χ1) is 16.4. The summed E-state index contributed by atoms with van der Waals surface area (Å²) in [7, 11) is 0. The van der Waals surface area contributed by atoms with Gasteiger partial charge in [-0.15, -0.1) is 0 Å². The van der Waals surface area contributed by atoms with Crippen molar-refractivity contribution in [3.05, 3.63) is 29.1 Å². The number of nitrogens with two attached hydrogens (primary N) is 3. The van der Waals surface area contributed by atoms with Gasteiger partial charge in [0.15, 0.2) is 17.3 Å². The highest BCUT2D eigenvalue weighted by Gasteiger charge is 2.50. The van der Waals surface area contributed by atoms with Crippen molar-refractivity contribution < 1.29 is 29.4 Å². The minimum absolute atomic E-state index is 0.0115. The summed E-state index contributed by atoms with van der Waals surface area (Å²) in [5.41, 5.74) is 16.0. The number of benzene rings is 1. The average molecular weight is 490 g/mol. The van der Waals surface area contributed by atoms with Crippen LogP contribution in [0.15, 0.2) is 17.1 Å². The number of hydrogen-bond acceptors (Lipinski definition) is 7. The second-order valence-electron chi connectivity index (χ2n) is 8.23. The Hall–Kier alpha value is -4.00. The van der Waals surface area contributed by atoms with E-state index in [0.717, 1.165) is 17.1 Å². The van der Waals surface area contributed by atoms with Crippen LogP contribution in [0.1, 0.15) is 47.9 Å². The Morgan fingerprint density at radius 3 is 2.26 bits per heavy atom. The van der Waals surface area contributed by atoms with Crippen molar-refractivity contribution in [3.63, 3.8) is 0 Å². The van der Waals surface area contributed by atoms with Crippen molar-refractivity contribution in [1.29, 1.82) is 0 Å². The van der Waals surface area contributed by atoms with E-state index in [1.807, 2.05) is 6.92 Å². The number of guanidine groups is 1. The van der Waals surface area contributed by atoms with Gasteiger partial charge in [-0.25, -0.2) is 4.98 Å². The Balaban J connectivity index is 2.67. The molecule has 0 saturated heterocycles. The van der Waals surface area contributed by atoms with E-state index in [-0.39, 0.29) is 30.9 Å². The van der Waals surface area contributed by atoms with Crippen LogP contribution in [-0.4, -0.2) is 79.8 Å². The zero-order valence-electron chi connectivity index (χ0n) is 19.7. The van der Waals surface area contributed by atoms with Gasteiger partial charge in [0, 0.05) is 18.5 Å². The first kappa shape index (κ1) is 27.2. The predicted octanol–water partition coefficient (Wildman–Crippen LogP) is -0.245. The number of aromatic amines is 1. The van der Waals surface area contributed by atoms with E-state index in [1.165, 1.54) is 12.1 Å². The van der Waals surface area contributed by atoms with E-state index >= 15 is 0 Å². The summed E-state index contributed by atoms with van der Waals surface area (Å²) in [6.45, 7) is 1.94. The number of carboxylic acids is 2. The Labute approximate surface area is 201 Å². The second-order valence-corrected chi connectivity index (χ2v) is 8.23. The largest absolute Gasteiger partial charge is 0.480 e. The third-order valence-corrected chi connectivity index (χ3v) is 5.54. The molecule has 1 aromatic carbocycles. The number of amides is 1. The predicted molar refractivity (Wildman–Crippen MR) is 128 cm³/mol. The first-order valence-electron chi connectivity index (χ1n) is 11.0. The number of carbonyl (C=O) groups is 4. The molecule has 0 bridgehead atoms. The number of carbonyl (C=O) groups excluding carboxylic acids is 2. The fourth-order valence-corrected chi connectivity index (χ4v) is 4.07. The van der Waals surface area contributed by atoms with Crippen LogP contribution in [0.5, 0.6) is 0 Å². The maximum atomic E-state index is 13.9. The number of imidazole rings is 1. The lowest BCUT2D eigenvalue weighted by Gasteiger charge is -2.38. The lowest BCUT2D eigenvalue weighted by Crippen LogP contribution is -2.64. The van der Waals surface area contributed by atoms with Gasteiger partial charge in [-0.2, -0.15) is 0 Å². The molecular formula is C22H31N7O6. The van der Waals surface area contributed by atoms with Gasteiger partial charge in [0.2, 0.25) is 5.91 Å². The van der Waals surface area contributed by atoms with E-state index in [0.29, 0.717) is 23.0 Å². The summed E-state index contributed by atoms with van der Waals surface area (Å²) >= 11 is 0. The van der Waals surface area contributed by atoms with Gasteiger partial charge in [-0.1, -0.05) is 6.92 Å². The highest BCUT2D eigenvalue weighted by molar-refractivity contribution is 6.18. The van der Waals surface area contributed by atoms with Crippen molar-refractivity contribution in [3.8, 4) is 0 Å². The van der Waals surface area contributed by atoms with E-state index in [2.05, 4.69) is 15.0 Å². The van der Waals surface area contributed by atoms with Crippen LogP contribution in [0.3, 0.4) is 0 Å². The van der Waals surface area contributed by atoms with Crippen molar-refractivity contribution in [2.75, 3.05) is 19.6 Å². The molecule has 1 amide bonds. The molecule has 1 heterocycles. The molecule has 0 aliphatic heterocycles.